The smallest absolute Gasteiger partial charge is 0.356 e. The number of rotatable bonds is 7. The second kappa shape index (κ2) is 12.9. The van der Waals surface area contributed by atoms with Gasteiger partial charge >= 0.3 is 11.9 Å². The monoisotopic (exact) mass is 579 g/mol. The van der Waals surface area contributed by atoms with E-state index in [1.807, 2.05) is 42.5 Å². The third-order valence-electron chi connectivity index (χ3n) is 6.55. The van der Waals surface area contributed by atoms with Crippen LogP contribution in [0.15, 0.2) is 96.5 Å². The van der Waals surface area contributed by atoms with Crippen LogP contribution in [0.2, 0.25) is 0 Å². The Balaban J connectivity index is 1.74. The summed E-state index contributed by atoms with van der Waals surface area (Å²) in [5.74, 6) is 4.96. The first-order valence-electron chi connectivity index (χ1n) is 13.5. The maximum absolute atomic E-state index is 14.8. The van der Waals surface area contributed by atoms with Crippen molar-refractivity contribution in [2.45, 2.75) is 49.4 Å². The predicted octanol–water partition coefficient (Wildman–Crippen LogP) is 5.99. The summed E-state index contributed by atoms with van der Waals surface area (Å²) in [6.45, 7) is 9.15. The molecule has 0 aliphatic heterocycles. The summed E-state index contributed by atoms with van der Waals surface area (Å²) in [5, 5.41) is 3.87. The molecule has 0 spiro atoms. The molecule has 214 valence electrons. The predicted molar refractivity (Wildman–Crippen MR) is 167 cm³/mol. The third kappa shape index (κ3) is 6.98. The molecule has 0 fully saturated rings. The standard InChI is InChI=1S/C35H33NO5S/c1-6-42(39,31-17-10-8-13-28(31)20-18-25-19-22-30(36-24-25)33(37)40-5)32(34(38)41-35(2,3)4)23-21-27-15-11-14-26-12-7-9-16-29(26)27/h7-17,19,22,24,32H,1,21,23H2,2-5H3. The largest absolute Gasteiger partial charge is 0.464 e. The first-order chi connectivity index (χ1) is 20.1. The Hall–Kier alpha value is -4.63. The second-order valence-electron chi connectivity index (χ2n) is 10.6. The molecule has 0 saturated carbocycles. The van der Waals surface area contributed by atoms with Crippen molar-refractivity contribution >= 4 is 37.3 Å². The fourth-order valence-electron chi connectivity index (χ4n) is 4.58. The molecule has 0 aliphatic rings. The molecule has 2 unspecified atom stereocenters. The van der Waals surface area contributed by atoms with E-state index in [1.165, 1.54) is 19.4 Å². The van der Waals surface area contributed by atoms with Crippen molar-refractivity contribution < 1.29 is 23.3 Å². The first kappa shape index (κ1) is 30.3. The van der Waals surface area contributed by atoms with Gasteiger partial charge in [0.1, 0.15) is 16.5 Å². The number of pyridine rings is 1. The molecule has 0 N–H and O–H groups in total. The van der Waals surface area contributed by atoms with Gasteiger partial charge in [0.15, 0.2) is 0 Å². The van der Waals surface area contributed by atoms with E-state index < -0.39 is 32.3 Å². The average Bonchev–Trinajstić information content (AvgIpc) is 2.99. The van der Waals surface area contributed by atoms with Crippen LogP contribution in [0.3, 0.4) is 0 Å². The molecule has 0 amide bonds. The summed E-state index contributed by atoms with van der Waals surface area (Å²) < 4.78 is 25.3. The van der Waals surface area contributed by atoms with Gasteiger partial charge in [0.05, 0.1) is 21.5 Å². The van der Waals surface area contributed by atoms with E-state index in [2.05, 4.69) is 28.4 Å². The summed E-state index contributed by atoms with van der Waals surface area (Å²) in [6.07, 6.45) is 2.22. The van der Waals surface area contributed by atoms with E-state index in [0.29, 0.717) is 22.4 Å². The number of fused-ring (bicyclic) bond motifs is 1. The number of carbonyl (C=O) groups is 2. The number of carbonyl (C=O) groups excluding carboxylic acids is 2. The zero-order chi connectivity index (χ0) is 30.3. The van der Waals surface area contributed by atoms with E-state index in [4.69, 9.17) is 9.47 Å². The number of ether oxygens (including phenoxy) is 2. The maximum Gasteiger partial charge on any atom is 0.356 e. The Morgan fingerprint density at radius 3 is 2.36 bits per heavy atom. The van der Waals surface area contributed by atoms with Crippen LogP contribution >= 0.6 is 0 Å². The highest BCUT2D eigenvalue weighted by Gasteiger charge is 2.35. The Labute approximate surface area is 247 Å². The number of esters is 2. The summed E-state index contributed by atoms with van der Waals surface area (Å²) >= 11 is 0. The Morgan fingerprint density at radius 2 is 1.67 bits per heavy atom. The lowest BCUT2D eigenvalue weighted by Gasteiger charge is -2.26. The Kier molecular flexibility index (Phi) is 9.32. The summed E-state index contributed by atoms with van der Waals surface area (Å²) in [7, 11) is -2.03. The highest BCUT2D eigenvalue weighted by molar-refractivity contribution is 8.02. The fraction of sp³-hybridized carbons (Fsp3) is 0.229. The van der Waals surface area contributed by atoms with Crippen molar-refractivity contribution in [2.75, 3.05) is 7.11 Å². The number of hydrogen-bond acceptors (Lipinski definition) is 6. The molecule has 0 radical (unpaired) electrons. The van der Waals surface area contributed by atoms with Crippen LogP contribution in [0.1, 0.15) is 54.4 Å². The van der Waals surface area contributed by atoms with Crippen LogP contribution in [0, 0.1) is 11.8 Å². The molecule has 7 heteroatoms. The normalized spacial score (nSPS) is 13.1. The molecule has 0 aliphatic carbocycles. The molecule has 1 aromatic heterocycles. The van der Waals surface area contributed by atoms with Gasteiger partial charge < -0.3 is 9.47 Å². The van der Waals surface area contributed by atoms with Crippen molar-refractivity contribution in [2.24, 2.45) is 0 Å². The van der Waals surface area contributed by atoms with E-state index in [0.717, 1.165) is 16.3 Å². The summed E-state index contributed by atoms with van der Waals surface area (Å²) in [4.78, 5) is 29.8. The molecule has 6 nitrogen and oxygen atoms in total. The van der Waals surface area contributed by atoms with Crippen LogP contribution in [0.5, 0.6) is 0 Å². The lowest BCUT2D eigenvalue weighted by molar-refractivity contribution is -0.154. The lowest BCUT2D eigenvalue weighted by atomic mass is 10.00. The molecule has 4 rings (SSSR count). The van der Waals surface area contributed by atoms with E-state index in [1.54, 1.807) is 51.1 Å². The first-order valence-corrected chi connectivity index (χ1v) is 15.1. The van der Waals surface area contributed by atoms with Gasteiger partial charge in [-0.1, -0.05) is 71.5 Å². The van der Waals surface area contributed by atoms with Crippen LogP contribution in [0.4, 0.5) is 0 Å². The number of methoxy groups -OCH3 is 1. The van der Waals surface area contributed by atoms with Gasteiger partial charge in [0.2, 0.25) is 0 Å². The van der Waals surface area contributed by atoms with Gasteiger partial charge in [-0.2, -0.15) is 0 Å². The van der Waals surface area contributed by atoms with Gasteiger partial charge in [-0.05, 0) is 80.8 Å². The lowest BCUT2D eigenvalue weighted by Crippen LogP contribution is -2.37. The van der Waals surface area contributed by atoms with Crippen molar-refractivity contribution in [3.05, 3.63) is 114 Å². The molecular formula is C35H33NO5S. The van der Waals surface area contributed by atoms with Crippen molar-refractivity contribution in [3.63, 3.8) is 0 Å². The van der Waals surface area contributed by atoms with Crippen LogP contribution in [-0.2, 0) is 30.2 Å². The number of aryl methyl sites for hydroxylation is 1. The number of aromatic nitrogens is 1. The SMILES string of the molecule is C=C=S(=O)(c1ccccc1C#Cc1ccc(C(=O)OC)nc1)C(CCc1cccc2ccccc12)C(=O)OC(C)(C)C. The fourth-order valence-corrected chi connectivity index (χ4v) is 6.74. The molecule has 0 saturated heterocycles. The molecule has 2 atom stereocenters. The molecule has 1 heterocycles. The van der Waals surface area contributed by atoms with Crippen LogP contribution in [-0.4, -0.2) is 44.1 Å². The highest BCUT2D eigenvalue weighted by atomic mass is 32.2. The number of nitrogens with zero attached hydrogens (tertiary/aromatic N) is 1. The van der Waals surface area contributed by atoms with Gasteiger partial charge in [0.25, 0.3) is 0 Å². The van der Waals surface area contributed by atoms with E-state index in [-0.39, 0.29) is 12.1 Å². The van der Waals surface area contributed by atoms with Crippen LogP contribution in [0.25, 0.3) is 10.8 Å². The minimum Gasteiger partial charge on any atom is -0.464 e. The maximum atomic E-state index is 14.8. The second-order valence-corrected chi connectivity index (χ2v) is 13.1. The van der Waals surface area contributed by atoms with Gasteiger partial charge in [0, 0.05) is 17.3 Å². The minimum atomic E-state index is -3.31. The van der Waals surface area contributed by atoms with Crippen molar-refractivity contribution in [1.82, 2.24) is 4.98 Å². The van der Waals surface area contributed by atoms with Gasteiger partial charge in [-0.15, -0.1) is 0 Å². The topological polar surface area (TPSA) is 82.6 Å². The average molecular weight is 580 g/mol. The zero-order valence-corrected chi connectivity index (χ0v) is 25.0. The Morgan fingerprint density at radius 1 is 0.952 bits per heavy atom. The molecule has 0 bridgehead atoms. The molecular weight excluding hydrogens is 546 g/mol. The molecule has 3 aromatic carbocycles. The number of benzene rings is 3. The van der Waals surface area contributed by atoms with Gasteiger partial charge in [-0.3, -0.25) is 9.00 Å². The van der Waals surface area contributed by atoms with Gasteiger partial charge in [-0.25, -0.2) is 9.78 Å². The summed E-state index contributed by atoms with van der Waals surface area (Å²) in [5.41, 5.74) is 1.45. The quantitative estimate of drug-likeness (QED) is 0.152. The van der Waals surface area contributed by atoms with E-state index in [9.17, 15) is 13.8 Å². The molecule has 4 aromatic rings. The highest BCUT2D eigenvalue weighted by Crippen LogP contribution is 2.28. The minimum absolute atomic E-state index is 0.166. The molecule has 42 heavy (non-hydrogen) atoms. The van der Waals surface area contributed by atoms with Crippen molar-refractivity contribution in [3.8, 4) is 11.8 Å². The third-order valence-corrected chi connectivity index (χ3v) is 9.22. The number of hydrogen-bond donors (Lipinski definition) is 0. The Bertz CT molecular complexity index is 1820. The van der Waals surface area contributed by atoms with E-state index >= 15 is 0 Å². The van der Waals surface area contributed by atoms with Crippen molar-refractivity contribution in [1.29, 1.82) is 0 Å². The van der Waals surface area contributed by atoms with Crippen LogP contribution < -0.4 is 0 Å². The zero-order valence-electron chi connectivity index (χ0n) is 24.2. The summed E-state index contributed by atoms with van der Waals surface area (Å²) in [6, 6.07) is 24.2.